The zero-order valence-electron chi connectivity index (χ0n) is 17.1. The number of hydrogen-bond donors (Lipinski definition) is 3. The topological polar surface area (TPSA) is 128 Å². The van der Waals surface area contributed by atoms with Gasteiger partial charge in [0, 0.05) is 23.7 Å². The molecule has 3 aromatic rings. The molecule has 1 saturated carbocycles. The second-order valence-corrected chi connectivity index (χ2v) is 9.40. The molecule has 1 amide bonds. The minimum atomic E-state index is -3.77. The highest BCUT2D eigenvalue weighted by atomic mass is 32.2. The van der Waals surface area contributed by atoms with E-state index in [0.29, 0.717) is 22.4 Å². The number of nitrogens with one attached hydrogen (secondary N) is 2. The first-order chi connectivity index (χ1) is 14.9. The van der Waals surface area contributed by atoms with Crippen LogP contribution in [0.15, 0.2) is 53.7 Å². The number of alkyl carbamates (subject to hydrolysis) is 1. The fourth-order valence-corrected chi connectivity index (χ4v) is 5.27. The first kappa shape index (κ1) is 21.0. The van der Waals surface area contributed by atoms with Crippen molar-refractivity contribution >= 4 is 38.5 Å². The normalized spacial score (nSPS) is 19.1. The Morgan fingerprint density at radius 2 is 1.81 bits per heavy atom. The lowest BCUT2D eigenvalue weighted by Gasteiger charge is -2.30. The largest absolute Gasteiger partial charge is 0.453 e. The maximum absolute atomic E-state index is 13.1. The van der Waals surface area contributed by atoms with Gasteiger partial charge in [0.15, 0.2) is 5.65 Å². The van der Waals surface area contributed by atoms with Crippen molar-refractivity contribution in [3.05, 3.63) is 48.8 Å². The van der Waals surface area contributed by atoms with Gasteiger partial charge >= 0.3 is 6.09 Å². The van der Waals surface area contributed by atoms with E-state index in [9.17, 15) is 13.2 Å². The van der Waals surface area contributed by atoms with Gasteiger partial charge in [0.25, 0.3) is 10.0 Å². The van der Waals surface area contributed by atoms with Gasteiger partial charge in [0.1, 0.15) is 0 Å². The Labute approximate surface area is 180 Å². The van der Waals surface area contributed by atoms with Crippen LogP contribution in [-0.4, -0.2) is 42.7 Å². The number of nitrogens with two attached hydrogens (primary N) is 1. The van der Waals surface area contributed by atoms with E-state index in [2.05, 4.69) is 20.4 Å². The number of methoxy groups -OCH3 is 1. The average molecular weight is 444 g/mol. The third-order valence-corrected chi connectivity index (χ3v) is 7.27. The van der Waals surface area contributed by atoms with Gasteiger partial charge in [-0.3, -0.25) is 0 Å². The van der Waals surface area contributed by atoms with Gasteiger partial charge in [-0.1, -0.05) is 18.2 Å². The maximum Gasteiger partial charge on any atom is 0.407 e. The molecule has 1 aromatic carbocycles. The van der Waals surface area contributed by atoms with Crippen LogP contribution in [0.25, 0.3) is 11.0 Å². The zero-order valence-corrected chi connectivity index (χ0v) is 17.9. The van der Waals surface area contributed by atoms with E-state index in [1.165, 1.54) is 23.5 Å². The van der Waals surface area contributed by atoms with Crippen LogP contribution in [-0.2, 0) is 14.8 Å². The third kappa shape index (κ3) is 4.15. The molecular weight excluding hydrogens is 418 g/mol. The first-order valence-corrected chi connectivity index (χ1v) is 11.5. The number of ether oxygens (including phenoxy) is 1. The number of nitrogens with zero attached hydrogens (tertiary/aromatic N) is 2. The molecule has 0 unspecified atom stereocenters. The molecule has 4 rings (SSSR count). The fourth-order valence-electron chi connectivity index (χ4n) is 3.95. The molecule has 9 nitrogen and oxygen atoms in total. The van der Waals surface area contributed by atoms with E-state index in [1.54, 1.807) is 36.4 Å². The molecular formula is C21H25N5O4S. The summed E-state index contributed by atoms with van der Waals surface area (Å²) in [5.74, 6) is 0. The Hall–Kier alpha value is -3.27. The molecule has 0 radical (unpaired) electrons. The van der Waals surface area contributed by atoms with Crippen LogP contribution >= 0.6 is 0 Å². The maximum atomic E-state index is 13.1. The summed E-state index contributed by atoms with van der Waals surface area (Å²) in [6, 6.07) is 10.2. The number of carbonyl (C=O) groups excluding carboxylic acids is 1. The Balaban J connectivity index is 1.58. The Kier molecular flexibility index (Phi) is 5.73. The molecule has 0 aliphatic heterocycles. The third-order valence-electron chi connectivity index (χ3n) is 5.59. The minimum Gasteiger partial charge on any atom is -0.453 e. The molecule has 31 heavy (non-hydrogen) atoms. The number of anilines is 2. The first-order valence-electron chi connectivity index (χ1n) is 10.1. The van der Waals surface area contributed by atoms with Crippen molar-refractivity contribution in [2.24, 2.45) is 0 Å². The van der Waals surface area contributed by atoms with Crippen molar-refractivity contribution in [2.45, 2.75) is 42.7 Å². The van der Waals surface area contributed by atoms with Crippen LogP contribution < -0.4 is 16.4 Å². The molecule has 1 aliphatic carbocycles. The van der Waals surface area contributed by atoms with Crippen LogP contribution in [0.1, 0.15) is 25.7 Å². The van der Waals surface area contributed by atoms with Crippen molar-refractivity contribution in [1.29, 1.82) is 0 Å². The summed E-state index contributed by atoms with van der Waals surface area (Å²) in [6.45, 7) is 0. The summed E-state index contributed by atoms with van der Waals surface area (Å²) in [7, 11) is -2.42. The van der Waals surface area contributed by atoms with E-state index >= 15 is 0 Å². The standard InChI is InChI=1S/C21H25N5O4S/c1-30-21(27)25-15-9-7-14(8-10-15)24-19-17-11-12-26(20(17)23-13-18(19)22)31(28,29)16-5-3-2-4-6-16/h2-6,11-15H,7-10,22H2,1H3,(H,23,24)(H,25,27)/t14-,15-. The molecule has 1 aliphatic rings. The number of hydrogen-bond acceptors (Lipinski definition) is 7. The number of amides is 1. The van der Waals surface area contributed by atoms with E-state index in [1.807, 2.05) is 0 Å². The SMILES string of the molecule is COC(=O)N[C@H]1CC[C@H](Nc2c(N)cnc3c2ccn3S(=O)(=O)c2ccccc2)CC1. The zero-order chi connectivity index (χ0) is 22.0. The molecule has 2 heterocycles. The molecule has 0 atom stereocenters. The minimum absolute atomic E-state index is 0.0809. The summed E-state index contributed by atoms with van der Waals surface area (Å²) < 4.78 is 32.0. The monoisotopic (exact) mass is 443 g/mol. The number of benzene rings is 1. The fraction of sp³-hybridized carbons (Fsp3) is 0.333. The molecule has 0 saturated heterocycles. The molecule has 0 bridgehead atoms. The quantitative estimate of drug-likeness (QED) is 0.553. The number of fused-ring (bicyclic) bond motifs is 1. The van der Waals surface area contributed by atoms with Crippen LogP contribution in [0.3, 0.4) is 0 Å². The number of carbonyl (C=O) groups is 1. The van der Waals surface area contributed by atoms with E-state index in [0.717, 1.165) is 25.7 Å². The highest BCUT2D eigenvalue weighted by Crippen LogP contribution is 2.33. The van der Waals surface area contributed by atoms with E-state index < -0.39 is 16.1 Å². The summed E-state index contributed by atoms with van der Waals surface area (Å²) in [5.41, 5.74) is 7.64. The van der Waals surface area contributed by atoms with Crippen molar-refractivity contribution in [3.63, 3.8) is 0 Å². The number of pyridine rings is 1. The van der Waals surface area contributed by atoms with Gasteiger partial charge in [-0.05, 0) is 43.9 Å². The molecule has 4 N–H and O–H groups in total. The second-order valence-electron chi connectivity index (χ2n) is 7.58. The number of rotatable bonds is 5. The van der Waals surface area contributed by atoms with Crippen molar-refractivity contribution in [3.8, 4) is 0 Å². The lowest BCUT2D eigenvalue weighted by Crippen LogP contribution is -2.40. The molecule has 10 heteroatoms. The van der Waals surface area contributed by atoms with E-state index in [4.69, 9.17) is 5.73 Å². The highest BCUT2D eigenvalue weighted by Gasteiger charge is 2.25. The Bertz CT molecular complexity index is 1190. The Morgan fingerprint density at radius 3 is 2.48 bits per heavy atom. The highest BCUT2D eigenvalue weighted by molar-refractivity contribution is 7.90. The summed E-state index contributed by atoms with van der Waals surface area (Å²) in [6.07, 6.45) is 5.85. The van der Waals surface area contributed by atoms with Crippen LogP contribution in [0.5, 0.6) is 0 Å². The lowest BCUT2D eigenvalue weighted by molar-refractivity contribution is 0.162. The Morgan fingerprint density at radius 1 is 1.13 bits per heavy atom. The second kappa shape index (κ2) is 8.46. The molecule has 2 aromatic heterocycles. The van der Waals surface area contributed by atoms with E-state index in [-0.39, 0.29) is 17.0 Å². The van der Waals surface area contributed by atoms with Gasteiger partial charge in [-0.2, -0.15) is 0 Å². The predicted octanol–water partition coefficient (Wildman–Crippen LogP) is 2.93. The van der Waals surface area contributed by atoms with Crippen molar-refractivity contribution in [1.82, 2.24) is 14.3 Å². The smallest absolute Gasteiger partial charge is 0.407 e. The van der Waals surface area contributed by atoms with Crippen LogP contribution in [0, 0.1) is 0 Å². The number of nitrogen functional groups attached to an aromatic ring is 1. The average Bonchev–Trinajstić information content (AvgIpc) is 3.22. The van der Waals surface area contributed by atoms with Crippen molar-refractivity contribution < 1.29 is 17.9 Å². The lowest BCUT2D eigenvalue weighted by atomic mass is 9.91. The van der Waals surface area contributed by atoms with Crippen molar-refractivity contribution in [2.75, 3.05) is 18.2 Å². The van der Waals surface area contributed by atoms with Crippen LogP contribution in [0.4, 0.5) is 16.2 Å². The van der Waals surface area contributed by atoms with Gasteiger partial charge in [-0.25, -0.2) is 22.2 Å². The van der Waals surface area contributed by atoms with Gasteiger partial charge in [0.05, 0.1) is 29.6 Å². The molecule has 0 spiro atoms. The summed E-state index contributed by atoms with van der Waals surface area (Å²) >= 11 is 0. The van der Waals surface area contributed by atoms with Gasteiger partial charge < -0.3 is 21.1 Å². The summed E-state index contributed by atoms with van der Waals surface area (Å²) in [5, 5.41) is 6.95. The molecule has 164 valence electrons. The van der Waals surface area contributed by atoms with Gasteiger partial charge in [0.2, 0.25) is 0 Å². The predicted molar refractivity (Wildman–Crippen MR) is 118 cm³/mol. The summed E-state index contributed by atoms with van der Waals surface area (Å²) in [4.78, 5) is 15.9. The number of aromatic nitrogens is 2. The molecule has 1 fully saturated rings. The van der Waals surface area contributed by atoms with Crippen LogP contribution in [0.2, 0.25) is 0 Å². The van der Waals surface area contributed by atoms with Gasteiger partial charge in [-0.15, -0.1) is 0 Å².